The minimum atomic E-state index is -3.10. The summed E-state index contributed by atoms with van der Waals surface area (Å²) in [6.07, 6.45) is 1.43. The normalized spacial score (nSPS) is 14.1. The van der Waals surface area contributed by atoms with Crippen molar-refractivity contribution in [3.05, 3.63) is 0 Å². The standard InChI is InChI=1S/C12H28N2O2S.ClH/c1-10(2)7-9-17(15,16)14(5)8-6-12(13)11(3)4;/h10-12H,6-9,13H2,1-5H3;1H. The summed E-state index contributed by atoms with van der Waals surface area (Å²) in [5.41, 5.74) is 5.91. The molecule has 2 N–H and O–H groups in total. The van der Waals surface area contributed by atoms with Gasteiger partial charge in [0.1, 0.15) is 0 Å². The second-order valence-corrected chi connectivity index (χ2v) is 7.71. The van der Waals surface area contributed by atoms with Crippen molar-refractivity contribution in [2.75, 3.05) is 19.3 Å². The monoisotopic (exact) mass is 300 g/mol. The Morgan fingerprint density at radius 1 is 1.11 bits per heavy atom. The van der Waals surface area contributed by atoms with Gasteiger partial charge in [-0.25, -0.2) is 12.7 Å². The van der Waals surface area contributed by atoms with Crippen LogP contribution in [0.1, 0.15) is 40.5 Å². The summed E-state index contributed by atoms with van der Waals surface area (Å²) in [5, 5.41) is 0. The van der Waals surface area contributed by atoms with Gasteiger partial charge in [0.2, 0.25) is 10.0 Å². The first-order chi connectivity index (χ1) is 7.66. The molecule has 4 nitrogen and oxygen atoms in total. The molecular formula is C12H29ClN2O2S. The maximum Gasteiger partial charge on any atom is 0.213 e. The van der Waals surface area contributed by atoms with Gasteiger partial charge in [0.25, 0.3) is 0 Å². The molecule has 0 aliphatic carbocycles. The van der Waals surface area contributed by atoms with E-state index in [9.17, 15) is 8.42 Å². The molecule has 0 aromatic rings. The van der Waals surface area contributed by atoms with Crippen LogP contribution in [0, 0.1) is 11.8 Å². The van der Waals surface area contributed by atoms with Crippen molar-refractivity contribution in [1.29, 1.82) is 0 Å². The van der Waals surface area contributed by atoms with Crippen LogP contribution < -0.4 is 5.73 Å². The fraction of sp³-hybridized carbons (Fsp3) is 1.00. The summed E-state index contributed by atoms with van der Waals surface area (Å²) in [4.78, 5) is 0. The summed E-state index contributed by atoms with van der Waals surface area (Å²) in [5.74, 6) is 1.04. The van der Waals surface area contributed by atoms with E-state index in [1.807, 2.05) is 13.8 Å². The van der Waals surface area contributed by atoms with Crippen molar-refractivity contribution in [3.63, 3.8) is 0 Å². The van der Waals surface area contributed by atoms with E-state index in [0.717, 1.165) is 6.42 Å². The van der Waals surface area contributed by atoms with Crippen LogP contribution in [0.25, 0.3) is 0 Å². The predicted molar refractivity (Wildman–Crippen MR) is 80.6 cm³/mol. The molecule has 0 bridgehead atoms. The predicted octanol–water partition coefficient (Wildman–Crippen LogP) is 2.09. The Hall–Kier alpha value is 0.160. The van der Waals surface area contributed by atoms with Gasteiger partial charge in [-0.05, 0) is 24.7 Å². The summed E-state index contributed by atoms with van der Waals surface area (Å²) in [6.45, 7) is 8.68. The Kier molecular flexibility index (Phi) is 10.4. The first-order valence-corrected chi connectivity index (χ1v) is 7.97. The van der Waals surface area contributed by atoms with Gasteiger partial charge in [0.15, 0.2) is 0 Å². The van der Waals surface area contributed by atoms with Crippen LogP contribution in [0.4, 0.5) is 0 Å². The van der Waals surface area contributed by atoms with Gasteiger partial charge >= 0.3 is 0 Å². The van der Waals surface area contributed by atoms with Gasteiger partial charge in [-0.3, -0.25) is 0 Å². The van der Waals surface area contributed by atoms with Crippen LogP contribution in [0.3, 0.4) is 0 Å². The van der Waals surface area contributed by atoms with E-state index in [-0.39, 0.29) is 24.2 Å². The van der Waals surface area contributed by atoms with Gasteiger partial charge in [0, 0.05) is 19.6 Å². The smallest absolute Gasteiger partial charge is 0.213 e. The van der Waals surface area contributed by atoms with Crippen molar-refractivity contribution in [2.24, 2.45) is 17.6 Å². The molecule has 0 heterocycles. The molecule has 6 heteroatoms. The molecular weight excluding hydrogens is 272 g/mol. The molecule has 0 aliphatic rings. The fourth-order valence-corrected chi connectivity index (χ4v) is 2.81. The molecule has 0 aliphatic heterocycles. The highest BCUT2D eigenvalue weighted by Gasteiger charge is 2.19. The van der Waals surface area contributed by atoms with E-state index in [2.05, 4.69) is 13.8 Å². The van der Waals surface area contributed by atoms with Crippen molar-refractivity contribution in [1.82, 2.24) is 4.31 Å². The first-order valence-electron chi connectivity index (χ1n) is 6.36. The summed E-state index contributed by atoms with van der Waals surface area (Å²) >= 11 is 0. The van der Waals surface area contributed by atoms with Crippen LogP contribution in [0.15, 0.2) is 0 Å². The van der Waals surface area contributed by atoms with Crippen molar-refractivity contribution in [3.8, 4) is 0 Å². The molecule has 112 valence electrons. The molecule has 18 heavy (non-hydrogen) atoms. The number of halogens is 1. The highest BCUT2D eigenvalue weighted by Crippen LogP contribution is 2.09. The topological polar surface area (TPSA) is 63.4 Å². The zero-order valence-electron chi connectivity index (χ0n) is 12.2. The lowest BCUT2D eigenvalue weighted by atomic mass is 10.0. The number of hydrogen-bond acceptors (Lipinski definition) is 3. The van der Waals surface area contributed by atoms with E-state index in [1.165, 1.54) is 4.31 Å². The number of nitrogens with two attached hydrogens (primary N) is 1. The lowest BCUT2D eigenvalue weighted by Gasteiger charge is -2.21. The maximum atomic E-state index is 11.9. The molecule has 0 rings (SSSR count). The summed E-state index contributed by atoms with van der Waals surface area (Å²) in [7, 11) is -1.46. The van der Waals surface area contributed by atoms with Gasteiger partial charge < -0.3 is 5.73 Å². The number of nitrogens with zero attached hydrogens (tertiary/aromatic N) is 1. The van der Waals surface area contributed by atoms with Crippen LogP contribution in [0.2, 0.25) is 0 Å². The Morgan fingerprint density at radius 3 is 2.00 bits per heavy atom. The van der Waals surface area contributed by atoms with Gasteiger partial charge in [-0.1, -0.05) is 27.7 Å². The number of hydrogen-bond donors (Lipinski definition) is 1. The maximum absolute atomic E-state index is 11.9. The number of rotatable bonds is 8. The van der Waals surface area contributed by atoms with E-state index in [1.54, 1.807) is 7.05 Å². The molecule has 0 amide bonds. The fourth-order valence-electron chi connectivity index (χ4n) is 1.34. The minimum absolute atomic E-state index is 0. The zero-order valence-corrected chi connectivity index (χ0v) is 13.9. The van der Waals surface area contributed by atoms with Crippen LogP contribution >= 0.6 is 12.4 Å². The highest BCUT2D eigenvalue weighted by atomic mass is 35.5. The molecule has 1 atom stereocenters. The Morgan fingerprint density at radius 2 is 1.61 bits per heavy atom. The third-order valence-corrected chi connectivity index (χ3v) is 4.95. The first kappa shape index (κ1) is 20.5. The second-order valence-electron chi connectivity index (χ2n) is 5.52. The molecule has 0 saturated heterocycles. The zero-order chi connectivity index (χ0) is 13.6. The third-order valence-electron chi connectivity index (χ3n) is 3.06. The molecule has 0 fully saturated rings. The van der Waals surface area contributed by atoms with E-state index in [4.69, 9.17) is 5.73 Å². The average molecular weight is 301 g/mol. The summed E-state index contributed by atoms with van der Waals surface area (Å²) < 4.78 is 25.2. The van der Waals surface area contributed by atoms with Gasteiger partial charge in [-0.15, -0.1) is 12.4 Å². The highest BCUT2D eigenvalue weighted by molar-refractivity contribution is 7.89. The molecule has 0 aromatic heterocycles. The molecule has 1 unspecified atom stereocenters. The van der Waals surface area contributed by atoms with E-state index < -0.39 is 10.0 Å². The molecule has 0 aromatic carbocycles. The summed E-state index contributed by atoms with van der Waals surface area (Å²) in [6, 6.07) is 0.0674. The van der Waals surface area contributed by atoms with Gasteiger partial charge in [-0.2, -0.15) is 0 Å². The van der Waals surface area contributed by atoms with Crippen LogP contribution in [-0.2, 0) is 10.0 Å². The average Bonchev–Trinajstić information content (AvgIpc) is 2.22. The Bertz CT molecular complexity index is 305. The SMILES string of the molecule is CC(C)CCS(=O)(=O)N(C)CCC(N)C(C)C.Cl. The van der Waals surface area contributed by atoms with Crippen molar-refractivity contribution >= 4 is 22.4 Å². The van der Waals surface area contributed by atoms with Gasteiger partial charge in [0.05, 0.1) is 5.75 Å². The minimum Gasteiger partial charge on any atom is -0.327 e. The van der Waals surface area contributed by atoms with Crippen LogP contribution in [-0.4, -0.2) is 38.1 Å². The molecule has 0 saturated carbocycles. The third kappa shape index (κ3) is 8.29. The van der Waals surface area contributed by atoms with E-state index >= 15 is 0 Å². The lowest BCUT2D eigenvalue weighted by molar-refractivity contribution is 0.396. The Balaban J connectivity index is 0. The molecule has 0 spiro atoms. The van der Waals surface area contributed by atoms with Crippen LogP contribution in [0.5, 0.6) is 0 Å². The Labute approximate surface area is 119 Å². The molecule has 0 radical (unpaired) electrons. The second kappa shape index (κ2) is 9.13. The van der Waals surface area contributed by atoms with Crippen molar-refractivity contribution < 1.29 is 8.42 Å². The quantitative estimate of drug-likeness (QED) is 0.746. The lowest BCUT2D eigenvalue weighted by Crippen LogP contribution is -2.35. The van der Waals surface area contributed by atoms with E-state index in [0.29, 0.717) is 24.8 Å². The largest absolute Gasteiger partial charge is 0.327 e. The number of sulfonamides is 1. The van der Waals surface area contributed by atoms with Crippen molar-refractivity contribution in [2.45, 2.75) is 46.6 Å².